The Bertz CT molecular complexity index is 1040. The monoisotopic (exact) mass is 455 g/mol. The number of aromatic nitrogens is 1. The van der Waals surface area contributed by atoms with E-state index in [1.165, 1.54) is 33.4 Å². The Morgan fingerprint density at radius 1 is 0.613 bits per heavy atom. The van der Waals surface area contributed by atoms with Gasteiger partial charge in [-0.3, -0.25) is 9.98 Å². The summed E-state index contributed by atoms with van der Waals surface area (Å²) in [6, 6.07) is 14.7. The third-order valence-electron chi connectivity index (χ3n) is 5.32. The molecule has 0 aliphatic carbocycles. The van der Waals surface area contributed by atoms with E-state index in [1.807, 2.05) is 32.0 Å². The molecule has 0 aliphatic rings. The van der Waals surface area contributed by atoms with Crippen LogP contribution in [0, 0.1) is 41.5 Å². The molecule has 164 valence electrons. The molecule has 3 rings (SSSR count). The second-order valence-corrected chi connectivity index (χ2v) is 8.30. The molecule has 1 heterocycles. The number of aliphatic imine (C=N–C) groups is 2. The van der Waals surface area contributed by atoms with Gasteiger partial charge in [0.15, 0.2) is 0 Å². The van der Waals surface area contributed by atoms with Gasteiger partial charge < -0.3 is 0 Å². The summed E-state index contributed by atoms with van der Waals surface area (Å²) < 4.78 is 0. The van der Waals surface area contributed by atoms with Crippen LogP contribution in [0.25, 0.3) is 0 Å². The summed E-state index contributed by atoms with van der Waals surface area (Å²) in [7, 11) is 0. The average Bonchev–Trinajstić information content (AvgIpc) is 2.67. The van der Waals surface area contributed by atoms with Crippen molar-refractivity contribution in [1.82, 2.24) is 4.98 Å². The van der Waals surface area contributed by atoms with Crippen molar-refractivity contribution in [2.24, 2.45) is 9.98 Å². The molecular formula is C27H31N3Ni. The van der Waals surface area contributed by atoms with Crippen molar-refractivity contribution in [2.45, 2.75) is 55.4 Å². The van der Waals surface area contributed by atoms with Gasteiger partial charge in [-0.15, -0.1) is 0 Å². The predicted molar refractivity (Wildman–Crippen MR) is 129 cm³/mol. The number of nitrogens with zero attached hydrogens (tertiary/aromatic N) is 3. The van der Waals surface area contributed by atoms with Crippen molar-refractivity contribution in [3.05, 3.63) is 87.2 Å². The minimum atomic E-state index is 0. The van der Waals surface area contributed by atoms with Crippen molar-refractivity contribution in [2.75, 3.05) is 0 Å². The topological polar surface area (TPSA) is 37.6 Å². The molecule has 0 unspecified atom stereocenters. The molecule has 4 heteroatoms. The van der Waals surface area contributed by atoms with Gasteiger partial charge in [0.05, 0.1) is 34.2 Å². The second kappa shape index (κ2) is 10.2. The third kappa shape index (κ3) is 5.77. The van der Waals surface area contributed by atoms with Crippen molar-refractivity contribution in [3.8, 4) is 0 Å². The smallest absolute Gasteiger partial charge is 0.0849 e. The number of pyridine rings is 1. The molecule has 0 bridgehead atoms. The quantitative estimate of drug-likeness (QED) is 0.302. The zero-order valence-corrected chi connectivity index (χ0v) is 20.7. The molecule has 1 aromatic heterocycles. The minimum Gasteiger partial charge on any atom is -0.251 e. The normalized spacial score (nSPS) is 12.0. The van der Waals surface area contributed by atoms with E-state index < -0.39 is 0 Å². The Kier molecular flexibility index (Phi) is 8.09. The van der Waals surface area contributed by atoms with Gasteiger partial charge in [-0.05, 0) is 89.8 Å². The minimum absolute atomic E-state index is 0. The van der Waals surface area contributed by atoms with Gasteiger partial charge >= 0.3 is 0 Å². The Balaban J connectivity index is 0.00000341. The molecule has 0 fully saturated rings. The van der Waals surface area contributed by atoms with Gasteiger partial charge in [0, 0.05) is 16.5 Å². The Morgan fingerprint density at radius 2 is 0.935 bits per heavy atom. The van der Waals surface area contributed by atoms with E-state index in [2.05, 4.69) is 65.8 Å². The van der Waals surface area contributed by atoms with E-state index in [0.717, 1.165) is 34.2 Å². The van der Waals surface area contributed by atoms with Gasteiger partial charge in [-0.25, -0.2) is 4.98 Å². The van der Waals surface area contributed by atoms with Crippen LogP contribution in [-0.4, -0.2) is 16.4 Å². The summed E-state index contributed by atoms with van der Waals surface area (Å²) in [5.41, 5.74) is 12.9. The zero-order chi connectivity index (χ0) is 22.0. The first-order valence-corrected chi connectivity index (χ1v) is 10.4. The maximum absolute atomic E-state index is 4.91. The Labute approximate surface area is 196 Å². The Hall–Kier alpha value is -2.58. The Morgan fingerprint density at radius 3 is 1.26 bits per heavy atom. The first-order valence-electron chi connectivity index (χ1n) is 10.4. The standard InChI is InChI=1S/C27H31N3.Ni/c1-16-12-18(3)26(19(4)13-16)28-22(7)24-10-9-11-25(30-24)23(8)29-27-20(5)14-17(2)15-21(27)6;/h9-15H,1-8H3;. The largest absolute Gasteiger partial charge is 0.251 e. The van der Waals surface area contributed by atoms with Crippen LogP contribution in [0.15, 0.2) is 52.4 Å². The summed E-state index contributed by atoms with van der Waals surface area (Å²) >= 11 is 0. The first kappa shape index (κ1) is 24.7. The van der Waals surface area contributed by atoms with Crippen LogP contribution in [0.3, 0.4) is 0 Å². The fraction of sp³-hybridized carbons (Fsp3) is 0.296. The van der Waals surface area contributed by atoms with Crippen LogP contribution >= 0.6 is 0 Å². The summed E-state index contributed by atoms with van der Waals surface area (Å²) in [6.07, 6.45) is 0. The van der Waals surface area contributed by atoms with Gasteiger partial charge in [0.25, 0.3) is 0 Å². The molecule has 0 amide bonds. The van der Waals surface area contributed by atoms with Crippen LogP contribution in [0.1, 0.15) is 58.6 Å². The van der Waals surface area contributed by atoms with Gasteiger partial charge in [-0.2, -0.15) is 0 Å². The first-order chi connectivity index (χ1) is 14.2. The predicted octanol–water partition coefficient (Wildman–Crippen LogP) is 7.21. The molecule has 0 radical (unpaired) electrons. The zero-order valence-electron chi connectivity index (χ0n) is 19.7. The van der Waals surface area contributed by atoms with Gasteiger partial charge in [0.1, 0.15) is 0 Å². The molecule has 31 heavy (non-hydrogen) atoms. The molecule has 0 atom stereocenters. The van der Waals surface area contributed by atoms with Crippen LogP contribution in [-0.2, 0) is 16.5 Å². The van der Waals surface area contributed by atoms with Crippen molar-refractivity contribution >= 4 is 22.8 Å². The van der Waals surface area contributed by atoms with E-state index >= 15 is 0 Å². The third-order valence-corrected chi connectivity index (χ3v) is 5.32. The molecule has 0 saturated carbocycles. The summed E-state index contributed by atoms with van der Waals surface area (Å²) in [4.78, 5) is 14.7. The number of rotatable bonds is 4. The molecule has 0 saturated heterocycles. The number of aryl methyl sites for hydroxylation is 6. The fourth-order valence-corrected chi connectivity index (χ4v) is 3.99. The van der Waals surface area contributed by atoms with Crippen molar-refractivity contribution in [1.29, 1.82) is 0 Å². The van der Waals surface area contributed by atoms with E-state index in [4.69, 9.17) is 15.0 Å². The van der Waals surface area contributed by atoms with Crippen LogP contribution in [0.4, 0.5) is 11.4 Å². The summed E-state index contributed by atoms with van der Waals surface area (Å²) in [5.74, 6) is 0. The summed E-state index contributed by atoms with van der Waals surface area (Å²) in [6.45, 7) is 16.7. The molecular weight excluding hydrogens is 425 g/mol. The van der Waals surface area contributed by atoms with Crippen molar-refractivity contribution < 1.29 is 16.5 Å². The number of hydrogen-bond donors (Lipinski definition) is 0. The molecule has 2 aromatic carbocycles. The fourth-order valence-electron chi connectivity index (χ4n) is 3.99. The van der Waals surface area contributed by atoms with Gasteiger partial charge in [-0.1, -0.05) is 41.5 Å². The van der Waals surface area contributed by atoms with Crippen LogP contribution in [0.2, 0.25) is 0 Å². The SMILES string of the molecule is CC(=Nc1c(C)cc(C)cc1C)c1cccc(C(C)=Nc2c(C)cc(C)cc2C)n1.[Ni]. The van der Waals surface area contributed by atoms with E-state index in [-0.39, 0.29) is 16.5 Å². The van der Waals surface area contributed by atoms with Crippen molar-refractivity contribution in [3.63, 3.8) is 0 Å². The van der Waals surface area contributed by atoms with Crippen LogP contribution in [0.5, 0.6) is 0 Å². The van der Waals surface area contributed by atoms with Gasteiger partial charge in [0.2, 0.25) is 0 Å². The van der Waals surface area contributed by atoms with Crippen LogP contribution < -0.4 is 0 Å². The van der Waals surface area contributed by atoms with E-state index in [0.29, 0.717) is 0 Å². The molecule has 0 spiro atoms. The maximum Gasteiger partial charge on any atom is 0.0849 e. The average molecular weight is 456 g/mol. The number of benzene rings is 2. The molecule has 3 nitrogen and oxygen atoms in total. The molecule has 0 N–H and O–H groups in total. The molecule has 0 aliphatic heterocycles. The molecule has 3 aromatic rings. The van der Waals surface area contributed by atoms with E-state index in [9.17, 15) is 0 Å². The number of hydrogen-bond acceptors (Lipinski definition) is 3. The second-order valence-electron chi connectivity index (χ2n) is 8.30. The summed E-state index contributed by atoms with van der Waals surface area (Å²) in [5, 5.41) is 0. The van der Waals surface area contributed by atoms with E-state index in [1.54, 1.807) is 0 Å². The maximum atomic E-state index is 4.91.